The van der Waals surface area contributed by atoms with Crippen molar-refractivity contribution in [2.75, 3.05) is 0 Å². The second kappa shape index (κ2) is 5.51. The zero-order chi connectivity index (χ0) is 13.9. The number of aromatic amines is 1. The minimum atomic E-state index is 0.752. The van der Waals surface area contributed by atoms with E-state index in [1.807, 2.05) is 25.3 Å². The van der Waals surface area contributed by atoms with Crippen molar-refractivity contribution < 1.29 is 0 Å². The molecule has 0 radical (unpaired) electrons. The highest BCUT2D eigenvalue weighted by molar-refractivity contribution is 7.79. The van der Waals surface area contributed by atoms with Crippen LogP contribution >= 0.6 is 12.6 Å². The first-order chi connectivity index (χ1) is 9.76. The van der Waals surface area contributed by atoms with Crippen LogP contribution in [0, 0.1) is 6.92 Å². The smallest absolute Gasteiger partial charge is 0.138 e. The van der Waals surface area contributed by atoms with Gasteiger partial charge in [-0.05, 0) is 24.6 Å². The Bertz CT molecular complexity index is 717. The number of aryl methyl sites for hydroxylation is 1. The van der Waals surface area contributed by atoms with Crippen LogP contribution in [-0.4, -0.2) is 15.0 Å². The number of aromatic nitrogens is 3. The number of benzene rings is 1. The van der Waals surface area contributed by atoms with Crippen molar-refractivity contribution >= 4 is 12.6 Å². The molecule has 0 spiro atoms. The zero-order valence-electron chi connectivity index (χ0n) is 11.2. The quantitative estimate of drug-likeness (QED) is 0.715. The van der Waals surface area contributed by atoms with E-state index in [1.165, 1.54) is 5.56 Å². The van der Waals surface area contributed by atoms with E-state index in [4.69, 9.17) is 0 Å². The van der Waals surface area contributed by atoms with Crippen molar-refractivity contribution in [2.24, 2.45) is 0 Å². The molecule has 0 bridgehead atoms. The third kappa shape index (κ3) is 2.60. The van der Waals surface area contributed by atoms with Crippen LogP contribution in [0.5, 0.6) is 0 Å². The fourth-order valence-electron chi connectivity index (χ4n) is 2.09. The standard InChI is InChI=1S/C16H15N3S/c1-11-8-14(6-7-17-11)16-18-9-15(19-16)13-4-2-12(10-20)3-5-13/h2-9,20H,10H2,1H3,(H,18,19). The van der Waals surface area contributed by atoms with Crippen molar-refractivity contribution in [3.63, 3.8) is 0 Å². The molecule has 2 aromatic heterocycles. The molecule has 1 aromatic carbocycles. The van der Waals surface area contributed by atoms with Crippen molar-refractivity contribution in [3.05, 3.63) is 60.0 Å². The van der Waals surface area contributed by atoms with Gasteiger partial charge in [-0.2, -0.15) is 12.6 Å². The average Bonchev–Trinajstić information content (AvgIpc) is 2.97. The lowest BCUT2D eigenvalue weighted by atomic mass is 10.1. The Morgan fingerprint density at radius 2 is 1.90 bits per heavy atom. The van der Waals surface area contributed by atoms with Gasteiger partial charge in [-0.3, -0.25) is 4.98 Å². The van der Waals surface area contributed by atoms with Crippen LogP contribution in [0.4, 0.5) is 0 Å². The number of H-pyrrole nitrogens is 1. The Morgan fingerprint density at radius 3 is 2.60 bits per heavy atom. The van der Waals surface area contributed by atoms with Gasteiger partial charge < -0.3 is 4.98 Å². The maximum Gasteiger partial charge on any atom is 0.138 e. The number of nitrogens with zero attached hydrogens (tertiary/aromatic N) is 2. The molecule has 0 fully saturated rings. The summed E-state index contributed by atoms with van der Waals surface area (Å²) < 4.78 is 0. The SMILES string of the molecule is Cc1cc(-c2nc(-c3ccc(CS)cc3)c[nH]2)ccn1. The molecule has 3 rings (SSSR count). The van der Waals surface area contributed by atoms with Gasteiger partial charge in [-0.25, -0.2) is 4.98 Å². The molecule has 1 N–H and O–H groups in total. The van der Waals surface area contributed by atoms with Crippen LogP contribution in [0.15, 0.2) is 48.8 Å². The maximum absolute atomic E-state index is 4.64. The monoisotopic (exact) mass is 281 g/mol. The highest BCUT2D eigenvalue weighted by Crippen LogP contribution is 2.22. The van der Waals surface area contributed by atoms with E-state index in [0.29, 0.717) is 0 Å². The van der Waals surface area contributed by atoms with E-state index >= 15 is 0 Å². The first-order valence-electron chi connectivity index (χ1n) is 6.45. The van der Waals surface area contributed by atoms with Gasteiger partial charge in [-0.1, -0.05) is 24.3 Å². The summed E-state index contributed by atoms with van der Waals surface area (Å²) in [6, 6.07) is 12.3. The van der Waals surface area contributed by atoms with E-state index in [1.54, 1.807) is 6.20 Å². The summed E-state index contributed by atoms with van der Waals surface area (Å²) in [7, 11) is 0. The van der Waals surface area contributed by atoms with E-state index in [0.717, 1.165) is 34.1 Å². The molecule has 0 unspecified atom stereocenters. The summed E-state index contributed by atoms with van der Waals surface area (Å²) in [6.07, 6.45) is 3.73. The van der Waals surface area contributed by atoms with Gasteiger partial charge in [0.2, 0.25) is 0 Å². The second-order valence-electron chi connectivity index (χ2n) is 4.68. The fourth-order valence-corrected chi connectivity index (χ4v) is 2.30. The summed E-state index contributed by atoms with van der Waals surface area (Å²) in [5.74, 6) is 1.62. The predicted molar refractivity (Wildman–Crippen MR) is 84.7 cm³/mol. The van der Waals surface area contributed by atoms with Gasteiger partial charge in [-0.15, -0.1) is 0 Å². The molecule has 0 aliphatic rings. The molecule has 4 heteroatoms. The summed E-state index contributed by atoms with van der Waals surface area (Å²) >= 11 is 4.27. The molecule has 3 aromatic rings. The summed E-state index contributed by atoms with van der Waals surface area (Å²) in [4.78, 5) is 12.1. The molecular weight excluding hydrogens is 266 g/mol. The van der Waals surface area contributed by atoms with Gasteiger partial charge in [0, 0.05) is 35.0 Å². The van der Waals surface area contributed by atoms with Crippen LogP contribution < -0.4 is 0 Å². The number of pyridine rings is 1. The van der Waals surface area contributed by atoms with Crippen LogP contribution in [-0.2, 0) is 5.75 Å². The van der Waals surface area contributed by atoms with Crippen molar-refractivity contribution in [3.8, 4) is 22.6 Å². The third-order valence-corrected chi connectivity index (χ3v) is 3.55. The van der Waals surface area contributed by atoms with Gasteiger partial charge >= 0.3 is 0 Å². The Kier molecular flexibility index (Phi) is 3.56. The first-order valence-corrected chi connectivity index (χ1v) is 7.08. The highest BCUT2D eigenvalue weighted by Gasteiger charge is 2.06. The number of imidazole rings is 1. The molecule has 3 nitrogen and oxygen atoms in total. The summed E-state index contributed by atoms with van der Waals surface area (Å²) in [6.45, 7) is 1.98. The second-order valence-corrected chi connectivity index (χ2v) is 4.99. The summed E-state index contributed by atoms with van der Waals surface area (Å²) in [5.41, 5.74) is 5.29. The molecule has 100 valence electrons. The van der Waals surface area contributed by atoms with E-state index in [9.17, 15) is 0 Å². The minimum absolute atomic E-state index is 0.752. The molecule has 0 atom stereocenters. The molecule has 0 saturated carbocycles. The predicted octanol–water partition coefficient (Wildman–Crippen LogP) is 3.88. The number of thiol groups is 1. The number of rotatable bonds is 3. The molecule has 0 saturated heterocycles. The molecule has 2 heterocycles. The van der Waals surface area contributed by atoms with Crippen molar-refractivity contribution in [2.45, 2.75) is 12.7 Å². The van der Waals surface area contributed by atoms with E-state index in [-0.39, 0.29) is 0 Å². The van der Waals surface area contributed by atoms with E-state index < -0.39 is 0 Å². The number of nitrogens with one attached hydrogen (secondary N) is 1. The zero-order valence-corrected chi connectivity index (χ0v) is 12.1. The van der Waals surface area contributed by atoms with Gasteiger partial charge in [0.25, 0.3) is 0 Å². The topological polar surface area (TPSA) is 41.6 Å². The minimum Gasteiger partial charge on any atom is -0.344 e. The molecule has 0 aliphatic heterocycles. The van der Waals surface area contributed by atoms with Crippen LogP contribution in [0.3, 0.4) is 0 Å². The van der Waals surface area contributed by atoms with Crippen molar-refractivity contribution in [1.82, 2.24) is 15.0 Å². The van der Waals surface area contributed by atoms with Gasteiger partial charge in [0.15, 0.2) is 0 Å². The Balaban J connectivity index is 1.93. The first kappa shape index (κ1) is 12.9. The Morgan fingerprint density at radius 1 is 1.10 bits per heavy atom. The largest absolute Gasteiger partial charge is 0.344 e. The maximum atomic E-state index is 4.64. The van der Waals surface area contributed by atoms with Crippen LogP contribution in [0.25, 0.3) is 22.6 Å². The fraction of sp³-hybridized carbons (Fsp3) is 0.125. The lowest BCUT2D eigenvalue weighted by Crippen LogP contribution is -1.85. The Labute approximate surface area is 123 Å². The molecule has 20 heavy (non-hydrogen) atoms. The molecule has 0 amide bonds. The van der Waals surface area contributed by atoms with Gasteiger partial charge in [0.1, 0.15) is 5.82 Å². The lowest BCUT2D eigenvalue weighted by Gasteiger charge is -1.99. The molecule has 0 aliphatic carbocycles. The molecular formula is C16H15N3S. The van der Waals surface area contributed by atoms with Crippen LogP contribution in [0.2, 0.25) is 0 Å². The lowest BCUT2D eigenvalue weighted by molar-refractivity contribution is 1.19. The normalized spacial score (nSPS) is 10.7. The highest BCUT2D eigenvalue weighted by atomic mass is 32.1. The third-order valence-electron chi connectivity index (χ3n) is 3.18. The number of hydrogen-bond acceptors (Lipinski definition) is 3. The average molecular weight is 281 g/mol. The number of hydrogen-bond donors (Lipinski definition) is 2. The Hall–Kier alpha value is -2.07. The van der Waals surface area contributed by atoms with Crippen molar-refractivity contribution in [1.29, 1.82) is 0 Å². The van der Waals surface area contributed by atoms with Gasteiger partial charge in [0.05, 0.1) is 5.69 Å². The van der Waals surface area contributed by atoms with Crippen LogP contribution in [0.1, 0.15) is 11.3 Å². The van der Waals surface area contributed by atoms with E-state index in [2.05, 4.69) is 51.8 Å². The summed E-state index contributed by atoms with van der Waals surface area (Å²) in [5, 5.41) is 0.